The minimum Gasteiger partial charge on any atom is -0.370 e. The molecule has 23 heavy (non-hydrogen) atoms. The molecule has 0 bridgehead atoms. The summed E-state index contributed by atoms with van der Waals surface area (Å²) >= 11 is 0. The summed E-state index contributed by atoms with van der Waals surface area (Å²) in [6.45, 7) is 3.59. The summed E-state index contributed by atoms with van der Waals surface area (Å²) in [6, 6.07) is 0. The Bertz CT molecular complexity index is 388. The lowest BCUT2D eigenvalue weighted by Crippen LogP contribution is -2.38. The van der Waals surface area contributed by atoms with E-state index in [9.17, 15) is 14.4 Å². The number of likely N-dealkylation sites (tertiary alicyclic amines) is 2. The largest absolute Gasteiger partial charge is 0.370 e. The van der Waals surface area contributed by atoms with Crippen LogP contribution in [0.2, 0.25) is 0 Å². The van der Waals surface area contributed by atoms with Crippen LogP contribution in [0.4, 0.5) is 0 Å². The van der Waals surface area contributed by atoms with Gasteiger partial charge < -0.3 is 19.4 Å². The molecule has 0 spiro atoms. The summed E-state index contributed by atoms with van der Waals surface area (Å²) in [6.07, 6.45) is 4.84. The van der Waals surface area contributed by atoms with E-state index in [1.54, 1.807) is 21.7 Å². The van der Waals surface area contributed by atoms with Gasteiger partial charge in [0, 0.05) is 53.6 Å². The highest BCUT2D eigenvalue weighted by atomic mass is 16.5. The molecule has 3 fully saturated rings. The second-order valence-electron chi connectivity index (χ2n) is 6.06. The van der Waals surface area contributed by atoms with Crippen molar-refractivity contribution in [2.24, 2.45) is 0 Å². The minimum atomic E-state index is 0.0799. The number of rotatable bonds is 0. The third kappa shape index (κ3) is 7.45. The molecule has 0 unspecified atom stereocenters. The van der Waals surface area contributed by atoms with Crippen molar-refractivity contribution in [1.29, 1.82) is 0 Å². The number of nitrogens with zero attached hydrogens (tertiary/aromatic N) is 3. The number of carbonyl (C=O) groups is 3. The molecular weight excluding hydrogens is 298 g/mol. The Morgan fingerprint density at radius 3 is 1.52 bits per heavy atom. The first-order valence-electron chi connectivity index (χ1n) is 8.21. The van der Waals surface area contributed by atoms with Crippen LogP contribution in [0.1, 0.15) is 32.1 Å². The van der Waals surface area contributed by atoms with Gasteiger partial charge in [0.25, 0.3) is 0 Å². The maximum atomic E-state index is 10.7. The van der Waals surface area contributed by atoms with E-state index in [4.69, 9.17) is 4.74 Å². The number of morpholine rings is 1. The van der Waals surface area contributed by atoms with Crippen molar-refractivity contribution in [3.8, 4) is 0 Å². The summed E-state index contributed by atoms with van der Waals surface area (Å²) < 4.78 is 4.86. The first kappa shape index (κ1) is 19.4. The molecule has 3 rings (SSSR count). The lowest BCUT2D eigenvalue weighted by molar-refractivity contribution is -0.140. The number of likely N-dealkylation sites (N-methyl/N-ethyl adjacent to an activating group) is 1. The minimum absolute atomic E-state index is 0.0799. The van der Waals surface area contributed by atoms with Gasteiger partial charge in [-0.2, -0.15) is 0 Å². The highest BCUT2D eigenvalue weighted by Crippen LogP contribution is 2.07. The van der Waals surface area contributed by atoms with Crippen LogP contribution in [0, 0.1) is 0 Å². The van der Waals surface area contributed by atoms with E-state index in [1.165, 1.54) is 6.42 Å². The number of amides is 3. The lowest BCUT2D eigenvalue weighted by atomic mass is 10.1. The van der Waals surface area contributed by atoms with Crippen molar-refractivity contribution in [3.63, 3.8) is 0 Å². The van der Waals surface area contributed by atoms with Crippen LogP contribution in [0.15, 0.2) is 0 Å². The zero-order valence-corrected chi connectivity index (χ0v) is 14.5. The highest BCUT2D eigenvalue weighted by molar-refractivity contribution is 5.78. The fourth-order valence-electron chi connectivity index (χ4n) is 2.32. The molecule has 3 amide bonds. The predicted octanol–water partition coefficient (Wildman–Crippen LogP) is 0.342. The molecular formula is C16H29N3O4. The van der Waals surface area contributed by atoms with Gasteiger partial charge in [0.1, 0.15) is 6.61 Å². The molecule has 3 aliphatic heterocycles. The van der Waals surface area contributed by atoms with E-state index in [0.29, 0.717) is 18.4 Å². The Morgan fingerprint density at radius 2 is 1.22 bits per heavy atom. The zero-order valence-electron chi connectivity index (χ0n) is 14.5. The molecule has 132 valence electrons. The van der Waals surface area contributed by atoms with E-state index in [-0.39, 0.29) is 12.5 Å². The van der Waals surface area contributed by atoms with Crippen molar-refractivity contribution < 1.29 is 19.1 Å². The number of hydrogen-bond acceptors (Lipinski definition) is 4. The standard InChI is InChI=1S/C6H11NO.C5H9NO2.C5H9NO/c1-7-5-3-2-4-6(7)8;1-6-2-3-8-4-5(6)7;1-6-4-2-3-5(6)7/h2-5H2,1H3;2-4H2,1H3;2-4H2,1H3. The van der Waals surface area contributed by atoms with E-state index in [2.05, 4.69) is 0 Å². The molecule has 0 aliphatic carbocycles. The van der Waals surface area contributed by atoms with E-state index in [0.717, 1.165) is 45.3 Å². The molecule has 0 atom stereocenters. The van der Waals surface area contributed by atoms with E-state index in [1.807, 2.05) is 14.1 Å². The number of hydrogen-bond donors (Lipinski definition) is 0. The normalized spacial score (nSPS) is 21.5. The topological polar surface area (TPSA) is 70.2 Å². The Morgan fingerprint density at radius 1 is 0.696 bits per heavy atom. The maximum absolute atomic E-state index is 10.7. The van der Waals surface area contributed by atoms with E-state index < -0.39 is 0 Å². The molecule has 0 aromatic rings. The van der Waals surface area contributed by atoms with Gasteiger partial charge in [0.2, 0.25) is 17.7 Å². The van der Waals surface area contributed by atoms with Gasteiger partial charge in [-0.1, -0.05) is 0 Å². The van der Waals surface area contributed by atoms with Crippen LogP contribution in [-0.2, 0) is 19.1 Å². The number of ether oxygens (including phenoxy) is 1. The van der Waals surface area contributed by atoms with Gasteiger partial charge >= 0.3 is 0 Å². The Kier molecular flexibility index (Phi) is 8.61. The zero-order chi connectivity index (χ0) is 17.2. The Balaban J connectivity index is 0.000000173. The number of piperidine rings is 1. The molecule has 0 aromatic heterocycles. The van der Waals surface area contributed by atoms with Gasteiger partial charge in [-0.3, -0.25) is 14.4 Å². The van der Waals surface area contributed by atoms with Crippen LogP contribution in [0.25, 0.3) is 0 Å². The summed E-state index contributed by atoms with van der Waals surface area (Å²) in [4.78, 5) is 37.0. The van der Waals surface area contributed by atoms with Crippen molar-refractivity contribution in [2.45, 2.75) is 32.1 Å². The average molecular weight is 327 g/mol. The molecule has 7 heteroatoms. The van der Waals surface area contributed by atoms with Gasteiger partial charge in [-0.25, -0.2) is 0 Å². The molecule has 3 heterocycles. The first-order chi connectivity index (χ1) is 10.9. The fraction of sp³-hybridized carbons (Fsp3) is 0.812. The maximum Gasteiger partial charge on any atom is 0.248 e. The lowest BCUT2D eigenvalue weighted by Gasteiger charge is -2.21. The third-order valence-electron chi connectivity index (χ3n) is 4.09. The highest BCUT2D eigenvalue weighted by Gasteiger charge is 2.14. The quantitative estimate of drug-likeness (QED) is 0.643. The molecule has 0 radical (unpaired) electrons. The number of carbonyl (C=O) groups excluding carboxylic acids is 3. The van der Waals surface area contributed by atoms with Gasteiger partial charge in [-0.15, -0.1) is 0 Å². The predicted molar refractivity (Wildman–Crippen MR) is 86.8 cm³/mol. The van der Waals surface area contributed by atoms with Crippen LogP contribution < -0.4 is 0 Å². The van der Waals surface area contributed by atoms with Gasteiger partial charge in [0.15, 0.2) is 0 Å². The second-order valence-corrected chi connectivity index (χ2v) is 6.06. The van der Waals surface area contributed by atoms with Crippen LogP contribution in [0.3, 0.4) is 0 Å². The molecule has 3 saturated heterocycles. The summed E-state index contributed by atoms with van der Waals surface area (Å²) in [5, 5.41) is 0. The van der Waals surface area contributed by atoms with Crippen LogP contribution >= 0.6 is 0 Å². The van der Waals surface area contributed by atoms with Crippen molar-refractivity contribution >= 4 is 17.7 Å². The van der Waals surface area contributed by atoms with Crippen molar-refractivity contribution in [1.82, 2.24) is 14.7 Å². The Labute approximate surface area is 138 Å². The van der Waals surface area contributed by atoms with Crippen molar-refractivity contribution in [3.05, 3.63) is 0 Å². The third-order valence-corrected chi connectivity index (χ3v) is 4.09. The monoisotopic (exact) mass is 327 g/mol. The first-order valence-corrected chi connectivity index (χ1v) is 8.21. The molecule has 0 N–H and O–H groups in total. The van der Waals surface area contributed by atoms with Crippen LogP contribution in [-0.4, -0.2) is 86.4 Å². The fourth-order valence-corrected chi connectivity index (χ4v) is 2.32. The summed E-state index contributed by atoms with van der Waals surface area (Å²) in [7, 11) is 5.49. The molecule has 0 saturated carbocycles. The van der Waals surface area contributed by atoms with Crippen LogP contribution in [0.5, 0.6) is 0 Å². The summed E-state index contributed by atoms with van der Waals surface area (Å²) in [5.74, 6) is 0.674. The summed E-state index contributed by atoms with van der Waals surface area (Å²) in [5.41, 5.74) is 0. The van der Waals surface area contributed by atoms with Gasteiger partial charge in [-0.05, 0) is 19.3 Å². The van der Waals surface area contributed by atoms with E-state index >= 15 is 0 Å². The molecule has 7 nitrogen and oxygen atoms in total. The van der Waals surface area contributed by atoms with Gasteiger partial charge in [0.05, 0.1) is 6.61 Å². The average Bonchev–Trinajstić information content (AvgIpc) is 2.90. The Hall–Kier alpha value is -1.63. The SMILES string of the molecule is CN1CCCC1=O.CN1CCCCC1=O.CN1CCOCC1=O. The molecule has 3 aliphatic rings. The second kappa shape index (κ2) is 10.2. The molecule has 0 aromatic carbocycles. The van der Waals surface area contributed by atoms with Crippen molar-refractivity contribution in [2.75, 3.05) is 54.0 Å². The smallest absolute Gasteiger partial charge is 0.248 e.